The highest BCUT2D eigenvalue weighted by molar-refractivity contribution is 4.55. The number of hydrogen-bond donors (Lipinski definition) is 2. The summed E-state index contributed by atoms with van der Waals surface area (Å²) in [6, 6.07) is 0. The summed E-state index contributed by atoms with van der Waals surface area (Å²) in [5.74, 6) is 0.571. The molecule has 0 bridgehead atoms. The highest BCUT2D eigenvalue weighted by Gasteiger charge is 2.10. The van der Waals surface area contributed by atoms with Crippen molar-refractivity contribution >= 4 is 0 Å². The number of ether oxygens (including phenoxy) is 1. The third-order valence-electron chi connectivity index (χ3n) is 1.57. The summed E-state index contributed by atoms with van der Waals surface area (Å²) in [5, 5.41) is 17.6. The molecule has 0 fully saturated rings. The topological polar surface area (TPSA) is 49.7 Å². The van der Waals surface area contributed by atoms with Crippen LogP contribution in [-0.4, -0.2) is 29.2 Å². The van der Waals surface area contributed by atoms with Crippen molar-refractivity contribution in [2.75, 3.05) is 6.61 Å². The molecule has 2 atom stereocenters. The van der Waals surface area contributed by atoms with E-state index in [0.29, 0.717) is 12.3 Å². The van der Waals surface area contributed by atoms with Gasteiger partial charge in [-0.05, 0) is 19.3 Å². The smallest absolute Gasteiger partial charge is 0.157 e. The molecule has 0 heterocycles. The van der Waals surface area contributed by atoms with Crippen LogP contribution in [0.25, 0.3) is 0 Å². The van der Waals surface area contributed by atoms with Crippen molar-refractivity contribution in [3.8, 4) is 0 Å². The summed E-state index contributed by atoms with van der Waals surface area (Å²) in [4.78, 5) is 0. The lowest BCUT2D eigenvalue weighted by atomic mass is 10.1. The molecule has 2 unspecified atom stereocenters. The maximum atomic E-state index is 9.15. The molecule has 0 aromatic heterocycles. The highest BCUT2D eigenvalue weighted by Crippen LogP contribution is 2.09. The van der Waals surface area contributed by atoms with Crippen LogP contribution >= 0.6 is 0 Å². The summed E-state index contributed by atoms with van der Waals surface area (Å²) in [6.45, 7) is 6.12. The van der Waals surface area contributed by atoms with Crippen LogP contribution in [0.1, 0.15) is 33.6 Å². The van der Waals surface area contributed by atoms with Crippen LogP contribution in [0.15, 0.2) is 0 Å². The zero-order chi connectivity index (χ0) is 9.56. The van der Waals surface area contributed by atoms with Crippen LogP contribution in [0.5, 0.6) is 0 Å². The summed E-state index contributed by atoms with van der Waals surface area (Å²) in [5.41, 5.74) is 0. The lowest BCUT2D eigenvalue weighted by Crippen LogP contribution is -2.21. The molecule has 0 rings (SSSR count). The predicted molar refractivity (Wildman–Crippen MR) is 47.7 cm³/mol. The van der Waals surface area contributed by atoms with Gasteiger partial charge in [0.1, 0.15) is 0 Å². The van der Waals surface area contributed by atoms with Gasteiger partial charge in [-0.25, -0.2) is 0 Å². The average molecular weight is 176 g/mol. The predicted octanol–water partition coefficient (Wildman–Crippen LogP) is 1.14. The Labute approximate surface area is 74.4 Å². The number of aliphatic hydroxyl groups excluding tert-OH is 2. The van der Waals surface area contributed by atoms with Crippen molar-refractivity contribution < 1.29 is 14.9 Å². The first-order valence-electron chi connectivity index (χ1n) is 4.50. The van der Waals surface area contributed by atoms with Crippen molar-refractivity contribution in [1.29, 1.82) is 0 Å². The van der Waals surface area contributed by atoms with E-state index in [1.54, 1.807) is 0 Å². The molecular weight excluding hydrogens is 156 g/mol. The highest BCUT2D eigenvalue weighted by atomic mass is 16.6. The van der Waals surface area contributed by atoms with E-state index in [9.17, 15) is 0 Å². The van der Waals surface area contributed by atoms with E-state index in [-0.39, 0.29) is 12.7 Å². The minimum atomic E-state index is -0.816. The Morgan fingerprint density at radius 1 is 1.25 bits per heavy atom. The van der Waals surface area contributed by atoms with Crippen LogP contribution in [0, 0.1) is 5.92 Å². The molecule has 0 aliphatic rings. The molecule has 74 valence electrons. The summed E-state index contributed by atoms with van der Waals surface area (Å²) >= 11 is 0. The molecular formula is C9H20O3. The maximum absolute atomic E-state index is 9.15. The van der Waals surface area contributed by atoms with Gasteiger partial charge >= 0.3 is 0 Å². The van der Waals surface area contributed by atoms with E-state index in [1.807, 2.05) is 6.92 Å². The zero-order valence-corrected chi connectivity index (χ0v) is 8.16. The van der Waals surface area contributed by atoms with Crippen LogP contribution in [-0.2, 0) is 4.74 Å². The van der Waals surface area contributed by atoms with Gasteiger partial charge in [-0.15, -0.1) is 0 Å². The molecule has 0 aliphatic carbocycles. The first kappa shape index (κ1) is 11.9. The van der Waals surface area contributed by atoms with E-state index in [1.165, 1.54) is 0 Å². The largest absolute Gasteiger partial charge is 0.396 e. The van der Waals surface area contributed by atoms with E-state index >= 15 is 0 Å². The zero-order valence-electron chi connectivity index (χ0n) is 8.16. The molecule has 0 aromatic carbocycles. The second-order valence-corrected chi connectivity index (χ2v) is 3.54. The lowest BCUT2D eigenvalue weighted by Gasteiger charge is -2.18. The second kappa shape index (κ2) is 6.40. The molecule has 3 nitrogen and oxygen atoms in total. The summed E-state index contributed by atoms with van der Waals surface area (Å²) in [6.07, 6.45) is 0.473. The van der Waals surface area contributed by atoms with Gasteiger partial charge in [-0.1, -0.05) is 13.8 Å². The summed E-state index contributed by atoms with van der Waals surface area (Å²) < 4.78 is 5.20. The van der Waals surface area contributed by atoms with Gasteiger partial charge in [0.05, 0.1) is 6.10 Å². The Morgan fingerprint density at radius 3 is 2.25 bits per heavy atom. The van der Waals surface area contributed by atoms with Crippen LogP contribution < -0.4 is 0 Å². The minimum absolute atomic E-state index is 0.0322. The van der Waals surface area contributed by atoms with Gasteiger partial charge in [0.25, 0.3) is 0 Å². The van der Waals surface area contributed by atoms with Gasteiger partial charge in [0, 0.05) is 13.0 Å². The fourth-order valence-electron chi connectivity index (χ4n) is 1.17. The number of hydrogen-bond acceptors (Lipinski definition) is 3. The standard InChI is InChI=1S/C9H20O3/c1-7(2)6-8(3)12-9(11)4-5-10/h7-11H,4-6H2,1-3H3. The van der Waals surface area contributed by atoms with Crippen molar-refractivity contribution in [3.05, 3.63) is 0 Å². The molecule has 2 N–H and O–H groups in total. The Bertz CT molecular complexity index is 104. The monoisotopic (exact) mass is 176 g/mol. The molecule has 0 amide bonds. The maximum Gasteiger partial charge on any atom is 0.157 e. The van der Waals surface area contributed by atoms with E-state index < -0.39 is 6.29 Å². The molecule has 12 heavy (non-hydrogen) atoms. The fraction of sp³-hybridized carbons (Fsp3) is 1.00. The van der Waals surface area contributed by atoms with E-state index in [0.717, 1.165) is 6.42 Å². The van der Waals surface area contributed by atoms with E-state index in [4.69, 9.17) is 14.9 Å². The van der Waals surface area contributed by atoms with Crippen LogP contribution in [0.2, 0.25) is 0 Å². The quantitative estimate of drug-likeness (QED) is 0.597. The first-order chi connectivity index (χ1) is 5.56. The van der Waals surface area contributed by atoms with Crippen LogP contribution in [0.3, 0.4) is 0 Å². The van der Waals surface area contributed by atoms with Crippen molar-refractivity contribution in [1.82, 2.24) is 0 Å². The fourth-order valence-corrected chi connectivity index (χ4v) is 1.17. The second-order valence-electron chi connectivity index (χ2n) is 3.54. The Balaban J connectivity index is 3.46. The summed E-state index contributed by atoms with van der Waals surface area (Å²) in [7, 11) is 0. The molecule has 0 saturated carbocycles. The van der Waals surface area contributed by atoms with E-state index in [2.05, 4.69) is 13.8 Å². The number of aliphatic hydroxyl groups is 2. The SMILES string of the molecule is CC(C)CC(C)OC(O)CCO. The Morgan fingerprint density at radius 2 is 1.83 bits per heavy atom. The molecule has 0 spiro atoms. The minimum Gasteiger partial charge on any atom is -0.396 e. The molecule has 0 radical (unpaired) electrons. The van der Waals surface area contributed by atoms with Gasteiger partial charge in [-0.3, -0.25) is 0 Å². The van der Waals surface area contributed by atoms with Gasteiger partial charge in [0.2, 0.25) is 0 Å². The molecule has 0 saturated heterocycles. The molecule has 3 heteroatoms. The van der Waals surface area contributed by atoms with Crippen molar-refractivity contribution in [2.45, 2.75) is 46.0 Å². The molecule has 0 aliphatic heterocycles. The average Bonchev–Trinajstić information content (AvgIpc) is 1.84. The molecule has 0 aromatic rings. The lowest BCUT2D eigenvalue weighted by molar-refractivity contribution is -0.141. The number of rotatable bonds is 6. The van der Waals surface area contributed by atoms with Gasteiger partial charge in [-0.2, -0.15) is 0 Å². The Hall–Kier alpha value is -0.120. The first-order valence-corrected chi connectivity index (χ1v) is 4.50. The van der Waals surface area contributed by atoms with Crippen molar-refractivity contribution in [2.24, 2.45) is 5.92 Å². The van der Waals surface area contributed by atoms with Gasteiger partial charge in [0.15, 0.2) is 6.29 Å². The third-order valence-corrected chi connectivity index (χ3v) is 1.57. The third kappa shape index (κ3) is 6.58. The van der Waals surface area contributed by atoms with Crippen molar-refractivity contribution in [3.63, 3.8) is 0 Å². The normalized spacial score (nSPS) is 16.5. The van der Waals surface area contributed by atoms with Gasteiger partial charge < -0.3 is 14.9 Å². The Kier molecular flexibility index (Phi) is 6.34. The van der Waals surface area contributed by atoms with Crippen LogP contribution in [0.4, 0.5) is 0 Å².